The highest BCUT2D eigenvalue weighted by atomic mass is 32.2. The average Bonchev–Trinajstić information content (AvgIpc) is 3.38. The summed E-state index contributed by atoms with van der Waals surface area (Å²) in [4.78, 5) is 21.7. The predicted molar refractivity (Wildman–Crippen MR) is 155 cm³/mol. The van der Waals surface area contributed by atoms with Crippen molar-refractivity contribution in [3.8, 4) is 23.1 Å². The van der Waals surface area contributed by atoms with E-state index in [0.717, 1.165) is 0 Å². The first-order valence-electron chi connectivity index (χ1n) is 13.3. The van der Waals surface area contributed by atoms with Crippen LogP contribution in [-0.2, 0) is 14.8 Å². The number of hydrogen-bond donors (Lipinski definition) is 1. The number of alkyl halides is 2. The van der Waals surface area contributed by atoms with Crippen LogP contribution in [0.4, 0.5) is 20.4 Å². The molecule has 42 heavy (non-hydrogen) atoms. The van der Waals surface area contributed by atoms with E-state index < -0.39 is 22.3 Å². The number of imidazole rings is 1. The van der Waals surface area contributed by atoms with E-state index in [2.05, 4.69) is 24.7 Å². The van der Waals surface area contributed by atoms with Crippen LogP contribution in [0, 0.1) is 0 Å². The van der Waals surface area contributed by atoms with Gasteiger partial charge in [-0.25, -0.2) is 22.2 Å². The van der Waals surface area contributed by atoms with E-state index >= 15 is 0 Å². The topological polar surface area (TPSA) is 128 Å². The second-order valence-corrected chi connectivity index (χ2v) is 11.8. The van der Waals surface area contributed by atoms with Crippen molar-refractivity contribution in [2.75, 3.05) is 62.9 Å². The Hall–Kier alpha value is -3.95. The Labute approximate surface area is 242 Å². The molecule has 1 N–H and O–H groups in total. The molecule has 224 valence electrons. The maximum Gasteiger partial charge on any atom is 0.296 e. The molecule has 0 spiro atoms. The van der Waals surface area contributed by atoms with E-state index in [1.165, 1.54) is 11.7 Å². The van der Waals surface area contributed by atoms with E-state index in [1.807, 2.05) is 30.8 Å². The molecule has 1 saturated heterocycles. The summed E-state index contributed by atoms with van der Waals surface area (Å²) in [7, 11) is 1.48. The number of sulfonamides is 1. The molecule has 1 aliphatic heterocycles. The number of morpholine rings is 1. The lowest BCUT2D eigenvalue weighted by Gasteiger charge is -2.27. The van der Waals surface area contributed by atoms with E-state index in [4.69, 9.17) is 9.47 Å². The van der Waals surface area contributed by atoms with Crippen molar-refractivity contribution in [1.29, 1.82) is 0 Å². The fourth-order valence-electron chi connectivity index (χ4n) is 4.48. The summed E-state index contributed by atoms with van der Waals surface area (Å²) >= 11 is 0. The summed E-state index contributed by atoms with van der Waals surface area (Å²) < 4.78 is 68.5. The van der Waals surface area contributed by atoms with Gasteiger partial charge in [0.2, 0.25) is 21.9 Å². The minimum atomic E-state index is -3.60. The Kier molecular flexibility index (Phi) is 8.52. The summed E-state index contributed by atoms with van der Waals surface area (Å²) in [5.74, 6) is 0.227. The van der Waals surface area contributed by atoms with Crippen LogP contribution in [0.15, 0.2) is 42.5 Å². The van der Waals surface area contributed by atoms with Crippen molar-refractivity contribution in [3.63, 3.8) is 0 Å². The van der Waals surface area contributed by atoms with Crippen LogP contribution in [0.2, 0.25) is 0 Å². The predicted octanol–water partition coefficient (Wildman–Crippen LogP) is 3.35. The van der Waals surface area contributed by atoms with Crippen molar-refractivity contribution >= 4 is 32.7 Å². The number of methoxy groups -OCH3 is 1. The number of hydrogen-bond acceptors (Lipinski definition) is 10. The smallest absolute Gasteiger partial charge is 0.296 e. The van der Waals surface area contributed by atoms with Crippen LogP contribution in [0.3, 0.4) is 0 Å². The van der Waals surface area contributed by atoms with Gasteiger partial charge in [-0.15, -0.1) is 0 Å². The molecule has 1 atom stereocenters. The standard InChI is InChI=1S/C27H32F2N8O4S/c1-17(35(2)3)16-42(38,39)34-19-10-8-18(9-11-19)24-31-26(36-12-14-41-15-13-36)33-27(32-24)37-20-6-5-7-21(40-4)22(20)30-25(37)23(28)29/h5-11,17,23,34H,12-16H2,1-4H3. The zero-order chi connectivity index (χ0) is 30.0. The van der Waals surface area contributed by atoms with Crippen molar-refractivity contribution in [2.45, 2.75) is 19.4 Å². The maximum atomic E-state index is 14.3. The molecule has 0 saturated carbocycles. The SMILES string of the molecule is COc1cccc2c1nc(C(F)F)n2-c1nc(-c2ccc(NS(=O)(=O)CC(C)N(C)C)cc2)nc(N2CCOCC2)n1. The Balaban J connectivity index is 1.57. The quantitative estimate of drug-likeness (QED) is 0.289. The number of benzene rings is 2. The van der Waals surface area contributed by atoms with Gasteiger partial charge in [0, 0.05) is 30.4 Å². The molecule has 3 heterocycles. The summed E-state index contributed by atoms with van der Waals surface area (Å²) in [5.41, 5.74) is 1.52. The lowest BCUT2D eigenvalue weighted by molar-refractivity contribution is 0.122. The third kappa shape index (κ3) is 6.27. The first-order valence-corrected chi connectivity index (χ1v) is 14.9. The Bertz CT molecular complexity index is 1660. The molecule has 12 nitrogen and oxygen atoms in total. The Morgan fingerprint density at radius 2 is 1.71 bits per heavy atom. The first-order chi connectivity index (χ1) is 20.1. The Morgan fingerprint density at radius 3 is 2.36 bits per heavy atom. The van der Waals surface area contributed by atoms with Gasteiger partial charge < -0.3 is 19.3 Å². The third-order valence-electron chi connectivity index (χ3n) is 6.95. The minimum absolute atomic E-state index is 0.0324. The summed E-state index contributed by atoms with van der Waals surface area (Å²) in [5, 5.41) is 0. The van der Waals surface area contributed by atoms with Crippen LogP contribution < -0.4 is 14.4 Å². The highest BCUT2D eigenvalue weighted by Crippen LogP contribution is 2.32. The molecule has 0 aliphatic carbocycles. The number of aromatic nitrogens is 5. The van der Waals surface area contributed by atoms with Gasteiger partial charge in [0.15, 0.2) is 11.6 Å². The van der Waals surface area contributed by atoms with E-state index in [0.29, 0.717) is 54.8 Å². The molecule has 2 aromatic heterocycles. The van der Waals surface area contributed by atoms with Crippen molar-refractivity contribution in [2.24, 2.45) is 0 Å². The molecular weight excluding hydrogens is 570 g/mol. The van der Waals surface area contributed by atoms with Crippen LogP contribution in [0.25, 0.3) is 28.4 Å². The van der Waals surface area contributed by atoms with Crippen LogP contribution in [0.5, 0.6) is 5.75 Å². The maximum absolute atomic E-state index is 14.3. The lowest BCUT2D eigenvalue weighted by atomic mass is 10.2. The number of para-hydroxylation sites is 1. The highest BCUT2D eigenvalue weighted by molar-refractivity contribution is 7.92. The molecular formula is C27H32F2N8O4S. The second kappa shape index (κ2) is 12.1. The zero-order valence-corrected chi connectivity index (χ0v) is 24.5. The molecule has 5 rings (SSSR count). The van der Waals surface area contributed by atoms with E-state index in [-0.39, 0.29) is 29.1 Å². The summed E-state index contributed by atoms with van der Waals surface area (Å²) in [6.45, 7) is 3.77. The van der Waals surface area contributed by atoms with Crippen molar-refractivity contribution in [1.82, 2.24) is 29.4 Å². The van der Waals surface area contributed by atoms with Gasteiger partial charge in [-0.2, -0.15) is 15.0 Å². The van der Waals surface area contributed by atoms with Gasteiger partial charge in [-0.1, -0.05) is 6.07 Å². The fraction of sp³-hybridized carbons (Fsp3) is 0.407. The second-order valence-electron chi connectivity index (χ2n) is 10.1. The van der Waals surface area contributed by atoms with Gasteiger partial charge in [-0.05, 0) is 57.4 Å². The molecule has 0 radical (unpaired) electrons. The molecule has 0 amide bonds. The third-order valence-corrected chi connectivity index (χ3v) is 8.42. The van der Waals surface area contributed by atoms with Crippen LogP contribution in [-0.4, -0.2) is 97.1 Å². The molecule has 2 aromatic carbocycles. The zero-order valence-electron chi connectivity index (χ0n) is 23.7. The van der Waals surface area contributed by atoms with Gasteiger partial charge >= 0.3 is 0 Å². The summed E-state index contributed by atoms with van der Waals surface area (Å²) in [6, 6.07) is 11.3. The number of nitrogens with one attached hydrogen (secondary N) is 1. The minimum Gasteiger partial charge on any atom is -0.494 e. The molecule has 4 aromatic rings. The largest absolute Gasteiger partial charge is 0.494 e. The van der Waals surface area contributed by atoms with Crippen molar-refractivity contribution in [3.05, 3.63) is 48.3 Å². The molecule has 1 fully saturated rings. The molecule has 0 bridgehead atoms. The monoisotopic (exact) mass is 602 g/mol. The Morgan fingerprint density at radius 1 is 1.02 bits per heavy atom. The number of ether oxygens (including phenoxy) is 2. The van der Waals surface area contributed by atoms with Crippen molar-refractivity contribution < 1.29 is 26.7 Å². The van der Waals surface area contributed by atoms with E-state index in [9.17, 15) is 17.2 Å². The number of nitrogens with zero attached hydrogens (tertiary/aromatic N) is 7. The molecule has 15 heteroatoms. The highest BCUT2D eigenvalue weighted by Gasteiger charge is 2.26. The fourth-order valence-corrected chi connectivity index (χ4v) is 5.99. The number of anilines is 2. The summed E-state index contributed by atoms with van der Waals surface area (Å²) in [6.07, 6.45) is -2.92. The lowest BCUT2D eigenvalue weighted by Crippen LogP contribution is -2.37. The van der Waals surface area contributed by atoms with Gasteiger partial charge in [0.25, 0.3) is 6.43 Å². The normalized spacial score (nSPS) is 15.0. The number of halogens is 2. The van der Waals surface area contributed by atoms with Gasteiger partial charge in [-0.3, -0.25) is 9.29 Å². The molecule has 1 unspecified atom stereocenters. The van der Waals surface area contributed by atoms with Crippen LogP contribution >= 0.6 is 0 Å². The first kappa shape index (κ1) is 29.5. The molecule has 1 aliphatic rings. The number of rotatable bonds is 10. The average molecular weight is 603 g/mol. The van der Waals surface area contributed by atoms with E-state index in [1.54, 1.807) is 42.5 Å². The van der Waals surface area contributed by atoms with Crippen LogP contribution in [0.1, 0.15) is 19.2 Å². The number of fused-ring (bicyclic) bond motifs is 1. The van der Waals surface area contributed by atoms with Gasteiger partial charge in [0.05, 0.1) is 31.6 Å². The van der Waals surface area contributed by atoms with Gasteiger partial charge in [0.1, 0.15) is 11.3 Å².